The molecule has 1 aliphatic heterocycles. The zero-order chi connectivity index (χ0) is 16.7. The van der Waals surface area contributed by atoms with Crippen LogP contribution in [0.2, 0.25) is 0 Å². The lowest BCUT2D eigenvalue weighted by molar-refractivity contribution is -0.126. The summed E-state index contributed by atoms with van der Waals surface area (Å²) in [6.07, 6.45) is 4.55. The maximum absolute atomic E-state index is 12.0. The van der Waals surface area contributed by atoms with Crippen molar-refractivity contribution in [3.8, 4) is 0 Å². The van der Waals surface area contributed by atoms with Crippen molar-refractivity contribution in [2.45, 2.75) is 45.8 Å². The highest BCUT2D eigenvalue weighted by Crippen LogP contribution is 2.21. The van der Waals surface area contributed by atoms with E-state index in [1.54, 1.807) is 13.0 Å². The molecular weight excluding hydrogens is 310 g/mol. The summed E-state index contributed by atoms with van der Waals surface area (Å²) in [7, 11) is 0. The summed E-state index contributed by atoms with van der Waals surface area (Å²) in [5.74, 6) is 0.681. The topological polar surface area (TPSA) is 54.5 Å². The Morgan fingerprint density at radius 3 is 3.04 bits per heavy atom. The molecule has 1 atom stereocenters. The molecule has 1 aromatic heterocycles. The molecule has 0 aromatic carbocycles. The zero-order valence-electron chi connectivity index (χ0n) is 14.1. The number of hydrogen-bond acceptors (Lipinski definition) is 5. The first-order valence-corrected chi connectivity index (χ1v) is 9.16. The van der Waals surface area contributed by atoms with Gasteiger partial charge in [-0.3, -0.25) is 15.0 Å². The summed E-state index contributed by atoms with van der Waals surface area (Å²) in [4.78, 5) is 19.0. The molecule has 2 rings (SSSR count). The van der Waals surface area contributed by atoms with E-state index in [-0.39, 0.29) is 5.91 Å². The third-order valence-electron chi connectivity index (χ3n) is 4.10. The van der Waals surface area contributed by atoms with E-state index in [4.69, 9.17) is 4.74 Å². The van der Waals surface area contributed by atoms with Crippen LogP contribution in [0.5, 0.6) is 0 Å². The number of nitrogens with one attached hydrogen (secondary N) is 1. The maximum Gasteiger partial charge on any atom is 0.254 e. The fourth-order valence-electron chi connectivity index (χ4n) is 2.50. The Morgan fingerprint density at radius 2 is 2.35 bits per heavy atom. The van der Waals surface area contributed by atoms with E-state index < -0.39 is 6.10 Å². The molecule has 1 amide bonds. The third kappa shape index (κ3) is 6.05. The summed E-state index contributed by atoms with van der Waals surface area (Å²) in [5.41, 5.74) is 1.03. The number of rotatable bonds is 8. The van der Waals surface area contributed by atoms with Crippen LogP contribution in [0.3, 0.4) is 0 Å². The summed E-state index contributed by atoms with van der Waals surface area (Å²) < 4.78 is 5.44. The largest absolute Gasteiger partial charge is 0.368 e. The number of aromatic nitrogens is 1. The predicted molar refractivity (Wildman–Crippen MR) is 94.6 cm³/mol. The molecular formula is C17H27N3O2S. The molecule has 0 aliphatic carbocycles. The smallest absolute Gasteiger partial charge is 0.254 e. The minimum absolute atomic E-state index is 0.151. The van der Waals surface area contributed by atoms with Crippen molar-refractivity contribution < 1.29 is 9.53 Å². The van der Waals surface area contributed by atoms with Crippen molar-refractivity contribution in [2.24, 2.45) is 5.92 Å². The lowest BCUT2D eigenvalue weighted by Crippen LogP contribution is -2.32. The van der Waals surface area contributed by atoms with Crippen LogP contribution in [-0.4, -0.2) is 41.6 Å². The molecule has 0 saturated carbocycles. The van der Waals surface area contributed by atoms with Gasteiger partial charge < -0.3 is 4.74 Å². The van der Waals surface area contributed by atoms with Gasteiger partial charge in [-0.25, -0.2) is 4.98 Å². The molecule has 0 bridgehead atoms. The molecule has 1 aliphatic rings. The van der Waals surface area contributed by atoms with Crippen LogP contribution >= 0.6 is 11.3 Å². The van der Waals surface area contributed by atoms with Gasteiger partial charge in [0.2, 0.25) is 0 Å². The molecule has 0 spiro atoms. The first-order chi connectivity index (χ1) is 11.1. The van der Waals surface area contributed by atoms with Crippen molar-refractivity contribution in [1.29, 1.82) is 0 Å². The average Bonchev–Trinajstić information content (AvgIpc) is 2.96. The van der Waals surface area contributed by atoms with Crippen molar-refractivity contribution in [3.05, 3.63) is 23.7 Å². The molecule has 1 N–H and O–H groups in total. The number of carbonyl (C=O) groups excluding carboxylic acids is 1. The first kappa shape index (κ1) is 18.1. The molecule has 1 aromatic rings. The second-order valence-corrected chi connectivity index (χ2v) is 7.04. The van der Waals surface area contributed by atoms with Crippen LogP contribution in [0.25, 0.3) is 0 Å². The number of likely N-dealkylation sites (tertiary alicyclic amines) is 1. The Hall–Kier alpha value is -1.24. The highest BCUT2D eigenvalue weighted by atomic mass is 32.1. The van der Waals surface area contributed by atoms with Gasteiger partial charge in [0.05, 0.1) is 12.3 Å². The van der Waals surface area contributed by atoms with Crippen molar-refractivity contribution >= 4 is 22.4 Å². The van der Waals surface area contributed by atoms with Crippen LogP contribution in [-0.2, 0) is 16.1 Å². The van der Waals surface area contributed by atoms with E-state index in [1.807, 2.05) is 5.38 Å². The molecule has 1 saturated heterocycles. The number of hydrogen-bond donors (Lipinski definition) is 1. The van der Waals surface area contributed by atoms with E-state index >= 15 is 0 Å². The molecule has 128 valence electrons. The second-order valence-electron chi connectivity index (χ2n) is 6.18. The van der Waals surface area contributed by atoms with E-state index in [2.05, 4.69) is 28.7 Å². The SMILES string of the molecule is C=CCCOC(C)C(=O)Nc1nc(CN2CCC(C)CC2)cs1. The summed E-state index contributed by atoms with van der Waals surface area (Å²) in [6.45, 7) is 11.3. The lowest BCUT2D eigenvalue weighted by Gasteiger charge is -2.29. The fraction of sp³-hybridized carbons (Fsp3) is 0.647. The van der Waals surface area contributed by atoms with Gasteiger partial charge in [0, 0.05) is 11.9 Å². The number of piperidine rings is 1. The quantitative estimate of drug-likeness (QED) is 0.584. The van der Waals surface area contributed by atoms with Gasteiger partial charge in [-0.05, 0) is 45.2 Å². The highest BCUT2D eigenvalue weighted by molar-refractivity contribution is 7.13. The molecule has 6 heteroatoms. The van der Waals surface area contributed by atoms with Gasteiger partial charge in [-0.2, -0.15) is 0 Å². The van der Waals surface area contributed by atoms with Gasteiger partial charge in [0.25, 0.3) is 5.91 Å². The van der Waals surface area contributed by atoms with Crippen LogP contribution < -0.4 is 5.32 Å². The minimum atomic E-state index is -0.481. The Morgan fingerprint density at radius 1 is 1.61 bits per heavy atom. The van der Waals surface area contributed by atoms with Crippen molar-refractivity contribution in [1.82, 2.24) is 9.88 Å². The highest BCUT2D eigenvalue weighted by Gasteiger charge is 2.18. The van der Waals surface area contributed by atoms with E-state index in [0.29, 0.717) is 11.7 Å². The molecule has 2 heterocycles. The number of thiazole rings is 1. The van der Waals surface area contributed by atoms with E-state index in [0.717, 1.165) is 37.7 Å². The predicted octanol–water partition coefficient (Wildman–Crippen LogP) is 3.29. The van der Waals surface area contributed by atoms with Gasteiger partial charge in [0.1, 0.15) is 6.10 Å². The normalized spacial score (nSPS) is 17.8. The van der Waals surface area contributed by atoms with Crippen LogP contribution in [0.4, 0.5) is 5.13 Å². The summed E-state index contributed by atoms with van der Waals surface area (Å²) in [6, 6.07) is 0. The number of carbonyl (C=O) groups is 1. The third-order valence-corrected chi connectivity index (χ3v) is 4.91. The first-order valence-electron chi connectivity index (χ1n) is 8.28. The zero-order valence-corrected chi connectivity index (χ0v) is 14.9. The standard InChI is InChI=1S/C17H27N3O2S/c1-4-5-10-22-14(3)16(21)19-17-18-15(12-23-17)11-20-8-6-13(2)7-9-20/h4,12-14H,1,5-11H2,2-3H3,(H,18,19,21). The molecule has 1 fully saturated rings. The monoisotopic (exact) mass is 337 g/mol. The molecule has 0 radical (unpaired) electrons. The maximum atomic E-state index is 12.0. The summed E-state index contributed by atoms with van der Waals surface area (Å²) in [5, 5.41) is 5.50. The average molecular weight is 337 g/mol. The number of anilines is 1. The van der Waals surface area contributed by atoms with Gasteiger partial charge in [-0.1, -0.05) is 13.0 Å². The number of ether oxygens (including phenoxy) is 1. The Balaban J connectivity index is 1.77. The Labute approximate surface area is 142 Å². The van der Waals surface area contributed by atoms with Crippen molar-refractivity contribution in [3.63, 3.8) is 0 Å². The minimum Gasteiger partial charge on any atom is -0.368 e. The van der Waals surface area contributed by atoms with Gasteiger partial charge in [0.15, 0.2) is 5.13 Å². The molecule has 5 nitrogen and oxygen atoms in total. The Kier molecular flexibility index (Phi) is 7.20. The lowest BCUT2D eigenvalue weighted by atomic mass is 9.99. The van der Waals surface area contributed by atoms with Crippen LogP contribution in [0.1, 0.15) is 38.8 Å². The van der Waals surface area contributed by atoms with Crippen molar-refractivity contribution in [2.75, 3.05) is 25.0 Å². The second kappa shape index (κ2) is 9.15. The molecule has 23 heavy (non-hydrogen) atoms. The summed E-state index contributed by atoms with van der Waals surface area (Å²) >= 11 is 1.47. The van der Waals surface area contributed by atoms with Gasteiger partial charge >= 0.3 is 0 Å². The van der Waals surface area contributed by atoms with E-state index in [9.17, 15) is 4.79 Å². The van der Waals surface area contributed by atoms with Crippen LogP contribution in [0, 0.1) is 5.92 Å². The number of nitrogens with zero attached hydrogens (tertiary/aromatic N) is 2. The van der Waals surface area contributed by atoms with Crippen LogP contribution in [0.15, 0.2) is 18.0 Å². The fourth-order valence-corrected chi connectivity index (χ4v) is 3.20. The van der Waals surface area contributed by atoms with Gasteiger partial charge in [-0.15, -0.1) is 17.9 Å². The van der Waals surface area contributed by atoms with E-state index in [1.165, 1.54) is 24.2 Å². The Bertz CT molecular complexity index is 510. The molecule has 1 unspecified atom stereocenters. The number of amides is 1.